The van der Waals surface area contributed by atoms with Crippen molar-refractivity contribution in [2.75, 3.05) is 11.9 Å². The van der Waals surface area contributed by atoms with Crippen LogP contribution in [-0.2, 0) is 21.4 Å². The van der Waals surface area contributed by atoms with Gasteiger partial charge in [-0.1, -0.05) is 18.2 Å². The maximum absolute atomic E-state index is 12.4. The van der Waals surface area contributed by atoms with Crippen LogP contribution in [0.4, 0.5) is 5.69 Å². The third-order valence-corrected chi connectivity index (χ3v) is 4.63. The third-order valence-electron chi connectivity index (χ3n) is 3.21. The lowest BCUT2D eigenvalue weighted by molar-refractivity contribution is -0.114. The number of para-hydroxylation sites is 1. The smallest absolute Gasteiger partial charge is 0.240 e. The van der Waals surface area contributed by atoms with E-state index in [2.05, 4.69) is 10.0 Å². The summed E-state index contributed by atoms with van der Waals surface area (Å²) in [4.78, 5) is 11.1. The average molecular weight is 348 g/mol. The Kier molecular flexibility index (Phi) is 5.94. The number of anilines is 1. The summed E-state index contributed by atoms with van der Waals surface area (Å²) < 4.78 is 32.8. The van der Waals surface area contributed by atoms with Gasteiger partial charge in [0.2, 0.25) is 15.9 Å². The van der Waals surface area contributed by atoms with Crippen LogP contribution in [0.25, 0.3) is 0 Å². The molecule has 0 bridgehead atoms. The van der Waals surface area contributed by atoms with Crippen molar-refractivity contribution < 1.29 is 17.9 Å². The van der Waals surface area contributed by atoms with Gasteiger partial charge in [-0.25, -0.2) is 13.1 Å². The lowest BCUT2D eigenvalue weighted by Gasteiger charge is -2.11. The molecule has 0 heterocycles. The van der Waals surface area contributed by atoms with Gasteiger partial charge in [0.05, 0.1) is 11.5 Å². The Morgan fingerprint density at radius 3 is 2.38 bits per heavy atom. The van der Waals surface area contributed by atoms with Crippen LogP contribution in [0.3, 0.4) is 0 Å². The van der Waals surface area contributed by atoms with E-state index in [1.807, 2.05) is 25.1 Å². The number of sulfonamides is 1. The van der Waals surface area contributed by atoms with Gasteiger partial charge in [0, 0.05) is 24.7 Å². The van der Waals surface area contributed by atoms with Crippen LogP contribution in [0.5, 0.6) is 5.75 Å². The topological polar surface area (TPSA) is 84.5 Å². The van der Waals surface area contributed by atoms with E-state index < -0.39 is 10.0 Å². The van der Waals surface area contributed by atoms with Crippen molar-refractivity contribution in [2.24, 2.45) is 0 Å². The maximum atomic E-state index is 12.4. The minimum atomic E-state index is -3.65. The second-order valence-corrected chi connectivity index (χ2v) is 6.84. The van der Waals surface area contributed by atoms with Crippen LogP contribution >= 0.6 is 0 Å². The van der Waals surface area contributed by atoms with Gasteiger partial charge < -0.3 is 10.1 Å². The zero-order valence-electron chi connectivity index (χ0n) is 13.6. The van der Waals surface area contributed by atoms with Crippen LogP contribution in [-0.4, -0.2) is 20.9 Å². The van der Waals surface area contributed by atoms with Crippen molar-refractivity contribution in [2.45, 2.75) is 25.3 Å². The molecule has 0 spiro atoms. The number of hydrogen-bond donors (Lipinski definition) is 2. The Labute approximate surface area is 141 Å². The van der Waals surface area contributed by atoms with E-state index in [9.17, 15) is 13.2 Å². The molecule has 0 saturated heterocycles. The fourth-order valence-electron chi connectivity index (χ4n) is 2.12. The number of amides is 1. The van der Waals surface area contributed by atoms with Crippen LogP contribution in [0.15, 0.2) is 53.4 Å². The Bertz CT molecular complexity index is 802. The van der Waals surface area contributed by atoms with Crippen molar-refractivity contribution in [3.8, 4) is 5.75 Å². The molecule has 24 heavy (non-hydrogen) atoms. The zero-order valence-corrected chi connectivity index (χ0v) is 14.4. The number of carbonyl (C=O) groups excluding carboxylic acids is 1. The molecule has 2 aromatic rings. The Morgan fingerprint density at radius 2 is 1.75 bits per heavy atom. The van der Waals surface area contributed by atoms with Gasteiger partial charge in [-0.3, -0.25) is 4.79 Å². The summed E-state index contributed by atoms with van der Waals surface area (Å²) in [5.74, 6) is 0.444. The molecule has 0 aliphatic carbocycles. The van der Waals surface area contributed by atoms with Crippen LogP contribution in [0.2, 0.25) is 0 Å². The second-order valence-electron chi connectivity index (χ2n) is 5.07. The molecule has 6 nitrogen and oxygen atoms in total. The minimum Gasteiger partial charge on any atom is -0.494 e. The highest BCUT2D eigenvalue weighted by Crippen LogP contribution is 2.19. The number of hydrogen-bond acceptors (Lipinski definition) is 4. The summed E-state index contributed by atoms with van der Waals surface area (Å²) in [5, 5.41) is 2.59. The van der Waals surface area contributed by atoms with Crippen molar-refractivity contribution in [1.29, 1.82) is 0 Å². The summed E-state index contributed by atoms with van der Waals surface area (Å²) in [5.41, 5.74) is 1.31. The minimum absolute atomic E-state index is 0.130. The molecule has 0 atom stereocenters. The molecule has 0 fully saturated rings. The van der Waals surface area contributed by atoms with E-state index in [1.165, 1.54) is 19.1 Å². The SMILES string of the molecule is CCOc1ccccc1CNS(=O)(=O)c1ccc(NC(C)=O)cc1. The average Bonchev–Trinajstić information content (AvgIpc) is 2.54. The van der Waals surface area contributed by atoms with Crippen molar-refractivity contribution in [3.63, 3.8) is 0 Å². The largest absolute Gasteiger partial charge is 0.494 e. The van der Waals surface area contributed by atoms with Crippen molar-refractivity contribution >= 4 is 21.6 Å². The Morgan fingerprint density at radius 1 is 1.08 bits per heavy atom. The molecule has 2 N–H and O–H groups in total. The number of nitrogens with one attached hydrogen (secondary N) is 2. The second kappa shape index (κ2) is 7.94. The third kappa shape index (κ3) is 4.81. The molecule has 0 aliphatic rings. The highest BCUT2D eigenvalue weighted by molar-refractivity contribution is 7.89. The summed E-state index contributed by atoms with van der Waals surface area (Å²) >= 11 is 0. The summed E-state index contributed by atoms with van der Waals surface area (Å²) in [6.45, 7) is 3.90. The summed E-state index contributed by atoms with van der Waals surface area (Å²) in [6, 6.07) is 13.3. The van der Waals surface area contributed by atoms with Crippen LogP contribution < -0.4 is 14.8 Å². The van der Waals surface area contributed by atoms with E-state index in [4.69, 9.17) is 4.74 Å². The molecular weight excluding hydrogens is 328 g/mol. The Hall–Kier alpha value is -2.38. The van der Waals surface area contributed by atoms with E-state index in [1.54, 1.807) is 18.2 Å². The van der Waals surface area contributed by atoms with E-state index in [0.717, 1.165) is 5.56 Å². The molecule has 7 heteroatoms. The first-order valence-electron chi connectivity index (χ1n) is 7.50. The highest BCUT2D eigenvalue weighted by Gasteiger charge is 2.15. The zero-order chi connectivity index (χ0) is 17.6. The first kappa shape index (κ1) is 18.0. The first-order valence-corrected chi connectivity index (χ1v) is 8.98. The lowest BCUT2D eigenvalue weighted by Crippen LogP contribution is -2.23. The van der Waals surface area contributed by atoms with Gasteiger partial charge >= 0.3 is 0 Å². The van der Waals surface area contributed by atoms with Gasteiger partial charge in [0.1, 0.15) is 5.75 Å². The van der Waals surface area contributed by atoms with Gasteiger partial charge in [0.15, 0.2) is 0 Å². The standard InChI is InChI=1S/C17H20N2O4S/c1-3-23-17-7-5-4-6-14(17)12-18-24(21,22)16-10-8-15(9-11-16)19-13(2)20/h4-11,18H,3,12H2,1-2H3,(H,19,20). The quantitative estimate of drug-likeness (QED) is 0.805. The molecule has 0 radical (unpaired) electrons. The highest BCUT2D eigenvalue weighted by atomic mass is 32.2. The van der Waals surface area contributed by atoms with E-state index >= 15 is 0 Å². The predicted octanol–water partition coefficient (Wildman–Crippen LogP) is 2.52. The predicted molar refractivity (Wildman–Crippen MR) is 92.4 cm³/mol. The molecule has 2 rings (SSSR count). The maximum Gasteiger partial charge on any atom is 0.240 e. The molecule has 0 saturated carbocycles. The van der Waals surface area contributed by atoms with Gasteiger partial charge in [-0.05, 0) is 37.3 Å². The summed E-state index contributed by atoms with van der Waals surface area (Å²) in [7, 11) is -3.65. The molecular formula is C17H20N2O4S. The van der Waals surface area contributed by atoms with Crippen molar-refractivity contribution in [3.05, 3.63) is 54.1 Å². The van der Waals surface area contributed by atoms with E-state index in [-0.39, 0.29) is 17.3 Å². The summed E-state index contributed by atoms with van der Waals surface area (Å²) in [6.07, 6.45) is 0. The molecule has 1 amide bonds. The number of rotatable bonds is 7. The fourth-order valence-corrected chi connectivity index (χ4v) is 3.13. The normalized spacial score (nSPS) is 11.1. The Balaban J connectivity index is 2.10. The van der Waals surface area contributed by atoms with Crippen molar-refractivity contribution in [1.82, 2.24) is 4.72 Å². The number of carbonyl (C=O) groups is 1. The van der Waals surface area contributed by atoms with Crippen LogP contribution in [0.1, 0.15) is 19.4 Å². The monoisotopic (exact) mass is 348 g/mol. The molecule has 2 aromatic carbocycles. The van der Waals surface area contributed by atoms with E-state index in [0.29, 0.717) is 18.0 Å². The molecule has 0 aliphatic heterocycles. The fraction of sp³-hybridized carbons (Fsp3) is 0.235. The first-order chi connectivity index (χ1) is 11.4. The lowest BCUT2D eigenvalue weighted by atomic mass is 10.2. The van der Waals surface area contributed by atoms with Crippen LogP contribution in [0, 0.1) is 0 Å². The number of ether oxygens (including phenoxy) is 1. The molecule has 0 aromatic heterocycles. The van der Waals surface area contributed by atoms with Gasteiger partial charge in [-0.15, -0.1) is 0 Å². The van der Waals surface area contributed by atoms with Gasteiger partial charge in [-0.2, -0.15) is 0 Å². The molecule has 0 unspecified atom stereocenters. The van der Waals surface area contributed by atoms with Gasteiger partial charge in [0.25, 0.3) is 0 Å². The number of benzene rings is 2. The molecule has 128 valence electrons.